The maximum Gasteiger partial charge on any atom is 0.328 e. The van der Waals surface area contributed by atoms with Crippen LogP contribution in [0.4, 0.5) is 0 Å². The van der Waals surface area contributed by atoms with Crippen LogP contribution in [0.1, 0.15) is 59.4 Å². The van der Waals surface area contributed by atoms with E-state index in [9.17, 15) is 4.79 Å². The van der Waals surface area contributed by atoms with Gasteiger partial charge in [-0.2, -0.15) is 10.3 Å². The fraction of sp³-hybridized carbons (Fsp3) is 0.435. The highest BCUT2D eigenvalue weighted by Crippen LogP contribution is 2.51. The summed E-state index contributed by atoms with van der Waals surface area (Å²) in [6.45, 7) is 10.7. The first-order valence-electron chi connectivity index (χ1n) is 9.93. The fourth-order valence-electron chi connectivity index (χ4n) is 4.51. The molecule has 148 valence electrons. The molecule has 0 aliphatic heterocycles. The Morgan fingerprint density at radius 3 is 2.46 bits per heavy atom. The maximum atomic E-state index is 13.8. The Balaban J connectivity index is 2.24. The number of ether oxygens (including phenoxy) is 1. The second-order valence-corrected chi connectivity index (χ2v) is 7.62. The van der Waals surface area contributed by atoms with E-state index in [0.29, 0.717) is 0 Å². The predicted octanol–water partition coefficient (Wildman–Crippen LogP) is 5.14. The summed E-state index contributed by atoms with van der Waals surface area (Å²) in [5.41, 5.74) is 4.84. The van der Waals surface area contributed by atoms with Gasteiger partial charge in [-0.25, -0.2) is 0 Å². The Kier molecular flexibility index (Phi) is 5.82. The van der Waals surface area contributed by atoms with Gasteiger partial charge in [-0.3, -0.25) is 4.79 Å². The van der Waals surface area contributed by atoms with Gasteiger partial charge in [-0.15, -0.1) is 5.10 Å². The van der Waals surface area contributed by atoms with Crippen molar-refractivity contribution in [3.63, 3.8) is 0 Å². The second-order valence-electron chi connectivity index (χ2n) is 7.62. The number of aromatic amines is 1. The van der Waals surface area contributed by atoms with Crippen molar-refractivity contribution in [2.75, 3.05) is 0 Å². The number of hydrogen-bond acceptors (Lipinski definition) is 4. The molecule has 0 saturated heterocycles. The number of aromatic nitrogens is 3. The summed E-state index contributed by atoms with van der Waals surface area (Å²) >= 11 is 0. The number of nitrogens with zero attached hydrogens (tertiary/aromatic N) is 2. The average Bonchev–Trinajstić information content (AvgIpc) is 3.21. The molecule has 1 heterocycles. The van der Waals surface area contributed by atoms with Gasteiger partial charge in [0.15, 0.2) is 0 Å². The molecule has 0 amide bonds. The minimum Gasteiger partial charge on any atom is -0.403 e. The van der Waals surface area contributed by atoms with E-state index in [0.717, 1.165) is 36.0 Å². The number of carbonyl (C=O) groups excluding carboxylic acids is 1. The third-order valence-electron chi connectivity index (χ3n) is 6.34. The van der Waals surface area contributed by atoms with E-state index in [2.05, 4.69) is 50.0 Å². The van der Waals surface area contributed by atoms with Crippen LogP contribution in [0, 0.1) is 5.92 Å². The Hall–Kier alpha value is -2.69. The number of rotatable bonds is 6. The van der Waals surface area contributed by atoms with Crippen molar-refractivity contribution in [1.82, 2.24) is 15.4 Å². The fourth-order valence-corrected chi connectivity index (χ4v) is 4.51. The number of hydrogen-bond donors (Lipinski definition) is 1. The van der Waals surface area contributed by atoms with Crippen LogP contribution in [0.25, 0.3) is 0 Å². The van der Waals surface area contributed by atoms with Gasteiger partial charge in [0.1, 0.15) is 11.6 Å². The molecule has 28 heavy (non-hydrogen) atoms. The second kappa shape index (κ2) is 8.13. The minimum atomic E-state index is -0.872. The smallest absolute Gasteiger partial charge is 0.328 e. The number of esters is 1. The van der Waals surface area contributed by atoms with E-state index in [1.807, 2.05) is 30.3 Å². The molecule has 1 aromatic heterocycles. The molecule has 2 unspecified atom stereocenters. The Morgan fingerprint density at radius 1 is 1.14 bits per heavy atom. The molecule has 1 aliphatic rings. The molecule has 0 fully saturated rings. The lowest BCUT2D eigenvalue weighted by Gasteiger charge is -2.45. The summed E-state index contributed by atoms with van der Waals surface area (Å²) in [5.74, 6) is -0.0562. The third-order valence-corrected chi connectivity index (χ3v) is 6.34. The largest absolute Gasteiger partial charge is 0.403 e. The molecule has 2 aromatic rings. The van der Waals surface area contributed by atoms with Gasteiger partial charge >= 0.3 is 5.97 Å². The van der Waals surface area contributed by atoms with Crippen LogP contribution in [0.5, 0.6) is 5.88 Å². The normalized spacial score (nSPS) is 22.5. The van der Waals surface area contributed by atoms with Gasteiger partial charge in [0.25, 0.3) is 5.88 Å². The Morgan fingerprint density at radius 2 is 1.86 bits per heavy atom. The lowest BCUT2D eigenvalue weighted by molar-refractivity contribution is -0.141. The zero-order chi connectivity index (χ0) is 20.3. The van der Waals surface area contributed by atoms with Crippen molar-refractivity contribution >= 4 is 5.97 Å². The first-order valence-corrected chi connectivity index (χ1v) is 9.93. The Bertz CT molecular complexity index is 897. The Labute approximate surface area is 166 Å². The predicted molar refractivity (Wildman–Crippen MR) is 110 cm³/mol. The summed E-state index contributed by atoms with van der Waals surface area (Å²) in [6, 6.07) is 10.0. The molecular formula is C23H29N3O2. The first-order chi connectivity index (χ1) is 13.4. The molecule has 2 atom stereocenters. The average molecular weight is 380 g/mol. The lowest BCUT2D eigenvalue weighted by atomic mass is 9.57. The lowest BCUT2D eigenvalue weighted by Crippen LogP contribution is -2.49. The highest BCUT2D eigenvalue weighted by molar-refractivity contribution is 5.91. The number of H-pyrrole nitrogens is 1. The van der Waals surface area contributed by atoms with Gasteiger partial charge in [0.2, 0.25) is 0 Å². The van der Waals surface area contributed by atoms with Gasteiger partial charge in [0.05, 0.1) is 0 Å². The summed E-state index contributed by atoms with van der Waals surface area (Å²) in [7, 11) is 0. The number of allylic oxidation sites excluding steroid dienone is 3. The van der Waals surface area contributed by atoms with Crippen molar-refractivity contribution < 1.29 is 9.53 Å². The van der Waals surface area contributed by atoms with E-state index in [4.69, 9.17) is 4.74 Å². The van der Waals surface area contributed by atoms with Crippen molar-refractivity contribution in [2.45, 2.75) is 59.3 Å². The standard InChI is InChI=1S/C23H29N3O2/c1-6-7-13-20-17(4)15(2)16(3)18(5)23(20,19-11-9-8-10-12-19)22(27)28-21-14-24-26-25-21/h8-12,14,20H,6-7,13H2,1-5H3,(H,24,25,26). The highest BCUT2D eigenvalue weighted by Gasteiger charge is 2.53. The molecule has 0 saturated carbocycles. The van der Waals surface area contributed by atoms with Gasteiger partial charge in [0, 0.05) is 5.92 Å². The van der Waals surface area contributed by atoms with E-state index >= 15 is 0 Å². The number of carbonyl (C=O) groups is 1. The molecule has 5 heteroatoms. The van der Waals surface area contributed by atoms with Crippen LogP contribution in [-0.4, -0.2) is 21.4 Å². The molecule has 3 rings (SSSR count). The molecular weight excluding hydrogens is 350 g/mol. The van der Waals surface area contributed by atoms with Gasteiger partial charge in [-0.1, -0.05) is 55.7 Å². The minimum absolute atomic E-state index is 0.0398. The van der Waals surface area contributed by atoms with Crippen molar-refractivity contribution in [3.8, 4) is 5.88 Å². The molecule has 1 N–H and O–H groups in total. The number of benzene rings is 1. The van der Waals surface area contributed by atoms with Crippen LogP contribution in [0.15, 0.2) is 58.8 Å². The summed E-state index contributed by atoms with van der Waals surface area (Å²) in [4.78, 5) is 13.8. The SMILES string of the molecule is CCCCC1C(C)=C(C)C(C)=C(C)C1(C(=O)Oc1cn[nH]n1)c1ccccc1. The molecule has 0 bridgehead atoms. The van der Waals surface area contributed by atoms with E-state index in [1.165, 1.54) is 17.3 Å². The molecule has 0 radical (unpaired) electrons. The number of nitrogens with one attached hydrogen (secondary N) is 1. The highest BCUT2D eigenvalue weighted by atomic mass is 16.5. The van der Waals surface area contributed by atoms with Gasteiger partial charge < -0.3 is 4.74 Å². The quantitative estimate of drug-likeness (QED) is 0.706. The monoisotopic (exact) mass is 379 g/mol. The molecule has 1 aromatic carbocycles. The van der Waals surface area contributed by atoms with Crippen molar-refractivity contribution in [3.05, 3.63) is 64.4 Å². The van der Waals surface area contributed by atoms with Crippen LogP contribution in [-0.2, 0) is 10.2 Å². The summed E-state index contributed by atoms with van der Waals surface area (Å²) < 4.78 is 5.76. The molecule has 1 aliphatic carbocycles. The maximum absolute atomic E-state index is 13.8. The van der Waals surface area contributed by atoms with E-state index in [-0.39, 0.29) is 17.8 Å². The van der Waals surface area contributed by atoms with Crippen LogP contribution in [0.3, 0.4) is 0 Å². The molecule has 0 spiro atoms. The van der Waals surface area contributed by atoms with Crippen molar-refractivity contribution in [1.29, 1.82) is 0 Å². The van der Waals surface area contributed by atoms with Crippen LogP contribution < -0.4 is 4.74 Å². The zero-order valence-electron chi connectivity index (χ0n) is 17.4. The first kappa shape index (κ1) is 20.1. The van der Waals surface area contributed by atoms with E-state index in [1.54, 1.807) is 0 Å². The van der Waals surface area contributed by atoms with Crippen LogP contribution >= 0.6 is 0 Å². The third kappa shape index (κ3) is 3.19. The molecule has 5 nitrogen and oxygen atoms in total. The topological polar surface area (TPSA) is 67.9 Å². The van der Waals surface area contributed by atoms with Crippen molar-refractivity contribution in [2.24, 2.45) is 5.92 Å². The summed E-state index contributed by atoms with van der Waals surface area (Å²) in [6.07, 6.45) is 4.48. The number of unbranched alkanes of at least 4 members (excludes halogenated alkanes) is 1. The van der Waals surface area contributed by atoms with Gasteiger partial charge in [-0.05, 0) is 56.4 Å². The zero-order valence-corrected chi connectivity index (χ0v) is 17.4. The van der Waals surface area contributed by atoms with Crippen LogP contribution in [0.2, 0.25) is 0 Å². The summed E-state index contributed by atoms with van der Waals surface area (Å²) in [5, 5.41) is 10.2. The van der Waals surface area contributed by atoms with E-state index < -0.39 is 5.41 Å².